The van der Waals surface area contributed by atoms with Crippen molar-refractivity contribution < 1.29 is 19.4 Å². The zero-order valence-corrected chi connectivity index (χ0v) is 25.2. The molecule has 0 bridgehead atoms. The SMILES string of the molecule is CC(=O)O[C@]12CC[C@@H](N(CC(C)C)C(=O)c3ccc4ccccc4c3)C[C@]1(c1cccc(O)c1)CCN(CC1CC1)C2. The van der Waals surface area contributed by atoms with E-state index in [2.05, 4.69) is 41.8 Å². The molecule has 3 fully saturated rings. The maximum Gasteiger partial charge on any atom is 0.303 e. The maximum absolute atomic E-state index is 14.3. The van der Waals surface area contributed by atoms with E-state index in [0.29, 0.717) is 37.4 Å². The van der Waals surface area contributed by atoms with Gasteiger partial charge < -0.3 is 14.7 Å². The third-order valence-corrected chi connectivity index (χ3v) is 9.88. The van der Waals surface area contributed by atoms with Gasteiger partial charge in [0.2, 0.25) is 0 Å². The number of nitrogens with zero attached hydrogens (tertiary/aromatic N) is 2. The molecule has 2 saturated carbocycles. The number of carbonyl (C=O) groups is 2. The summed E-state index contributed by atoms with van der Waals surface area (Å²) in [5.41, 5.74) is 0.476. The van der Waals surface area contributed by atoms with E-state index in [0.717, 1.165) is 48.2 Å². The fourth-order valence-electron chi connectivity index (χ4n) is 7.83. The molecule has 3 atom stereocenters. The van der Waals surface area contributed by atoms with Gasteiger partial charge in [-0.25, -0.2) is 0 Å². The highest BCUT2D eigenvalue weighted by atomic mass is 16.6. The number of fused-ring (bicyclic) bond motifs is 2. The molecule has 1 aliphatic heterocycles. The van der Waals surface area contributed by atoms with Crippen LogP contribution in [0.5, 0.6) is 5.75 Å². The molecule has 222 valence electrons. The van der Waals surface area contributed by atoms with E-state index >= 15 is 0 Å². The van der Waals surface area contributed by atoms with Crippen LogP contribution in [0.1, 0.15) is 75.2 Å². The molecule has 0 aromatic heterocycles. The molecule has 3 aromatic carbocycles. The third-order valence-electron chi connectivity index (χ3n) is 9.88. The van der Waals surface area contributed by atoms with Gasteiger partial charge in [-0.3, -0.25) is 14.5 Å². The van der Waals surface area contributed by atoms with Gasteiger partial charge in [0, 0.05) is 43.6 Å². The standard InChI is InChI=1S/C36H44N2O4/c1-25(2)22-38(34(41)30-14-13-28-7-4-5-8-29(28)19-30)32-15-16-36(42-26(3)39)24-37(23-27-11-12-27)18-17-35(36,21-32)31-9-6-10-33(40)20-31/h4-10,13-14,19-20,25,27,32,40H,11-12,15-18,21-24H2,1-3H3/t32-,35+,36+/m1/s1. The molecule has 0 unspecified atom stereocenters. The van der Waals surface area contributed by atoms with Crippen LogP contribution in [0.15, 0.2) is 66.7 Å². The van der Waals surface area contributed by atoms with Gasteiger partial charge in [-0.2, -0.15) is 0 Å². The van der Waals surface area contributed by atoms with Crippen molar-refractivity contribution in [3.8, 4) is 5.75 Å². The number of piperidine rings is 1. The Morgan fingerprint density at radius 3 is 2.50 bits per heavy atom. The lowest BCUT2D eigenvalue weighted by molar-refractivity contribution is -0.189. The molecular formula is C36H44N2O4. The van der Waals surface area contributed by atoms with Gasteiger partial charge in [-0.15, -0.1) is 0 Å². The Morgan fingerprint density at radius 1 is 1.00 bits per heavy atom. The van der Waals surface area contributed by atoms with Crippen molar-refractivity contribution in [2.24, 2.45) is 11.8 Å². The second kappa shape index (κ2) is 11.4. The van der Waals surface area contributed by atoms with Crippen molar-refractivity contribution in [1.82, 2.24) is 9.80 Å². The number of esters is 1. The number of amides is 1. The molecule has 6 rings (SSSR count). The molecule has 0 spiro atoms. The first kappa shape index (κ1) is 28.7. The zero-order chi connectivity index (χ0) is 29.5. The van der Waals surface area contributed by atoms with Crippen LogP contribution in [0, 0.1) is 11.8 Å². The number of benzene rings is 3. The van der Waals surface area contributed by atoms with Crippen molar-refractivity contribution in [3.05, 3.63) is 77.9 Å². The number of hydrogen-bond donors (Lipinski definition) is 1. The Hall–Kier alpha value is -3.38. The van der Waals surface area contributed by atoms with Gasteiger partial charge in [0.25, 0.3) is 5.91 Å². The quantitative estimate of drug-likeness (QED) is 0.312. The van der Waals surface area contributed by atoms with Crippen molar-refractivity contribution in [3.63, 3.8) is 0 Å². The fourth-order valence-corrected chi connectivity index (χ4v) is 7.83. The van der Waals surface area contributed by atoms with Crippen LogP contribution in [0.2, 0.25) is 0 Å². The molecule has 1 amide bonds. The van der Waals surface area contributed by atoms with E-state index < -0.39 is 11.0 Å². The first-order valence-corrected chi connectivity index (χ1v) is 15.7. The van der Waals surface area contributed by atoms with Crippen molar-refractivity contribution in [1.29, 1.82) is 0 Å². The van der Waals surface area contributed by atoms with Crippen LogP contribution in [0.25, 0.3) is 10.8 Å². The second-order valence-corrected chi connectivity index (χ2v) is 13.5. The minimum atomic E-state index is -0.717. The number of hydrogen-bond acceptors (Lipinski definition) is 5. The van der Waals surface area contributed by atoms with Gasteiger partial charge in [0.15, 0.2) is 0 Å². The number of likely N-dealkylation sites (tertiary alicyclic amines) is 1. The van der Waals surface area contributed by atoms with E-state index in [1.165, 1.54) is 19.8 Å². The molecule has 42 heavy (non-hydrogen) atoms. The number of aromatic hydroxyl groups is 1. The molecule has 6 nitrogen and oxygen atoms in total. The van der Waals surface area contributed by atoms with E-state index in [1.54, 1.807) is 6.07 Å². The van der Waals surface area contributed by atoms with Crippen molar-refractivity contribution >= 4 is 22.6 Å². The third kappa shape index (κ3) is 5.54. The lowest BCUT2D eigenvalue weighted by atomic mass is 9.54. The summed E-state index contributed by atoms with van der Waals surface area (Å²) in [6, 6.07) is 21.6. The summed E-state index contributed by atoms with van der Waals surface area (Å²) >= 11 is 0. The van der Waals surface area contributed by atoms with Gasteiger partial charge in [-0.1, -0.05) is 56.3 Å². The van der Waals surface area contributed by atoms with Gasteiger partial charge >= 0.3 is 5.97 Å². The highest BCUT2D eigenvalue weighted by molar-refractivity contribution is 5.98. The average molecular weight is 569 g/mol. The van der Waals surface area contributed by atoms with E-state index in [4.69, 9.17) is 4.74 Å². The van der Waals surface area contributed by atoms with Crippen LogP contribution in [0.4, 0.5) is 0 Å². The monoisotopic (exact) mass is 568 g/mol. The van der Waals surface area contributed by atoms with E-state index in [1.807, 2.05) is 42.5 Å². The minimum Gasteiger partial charge on any atom is -0.508 e. The summed E-state index contributed by atoms with van der Waals surface area (Å²) in [4.78, 5) is 31.6. The average Bonchev–Trinajstić information content (AvgIpc) is 3.78. The van der Waals surface area contributed by atoms with E-state index in [-0.39, 0.29) is 23.7 Å². The Balaban J connectivity index is 1.39. The summed E-state index contributed by atoms with van der Waals surface area (Å²) < 4.78 is 6.45. The molecule has 0 radical (unpaired) electrons. The summed E-state index contributed by atoms with van der Waals surface area (Å²) in [7, 11) is 0. The number of carbonyl (C=O) groups excluding carboxylic acids is 2. The molecule has 1 N–H and O–H groups in total. The number of ether oxygens (including phenoxy) is 1. The Kier molecular flexibility index (Phi) is 7.77. The summed E-state index contributed by atoms with van der Waals surface area (Å²) in [5.74, 6) is 1.04. The van der Waals surface area contributed by atoms with Crippen LogP contribution < -0.4 is 0 Å². The number of rotatable bonds is 8. The lowest BCUT2D eigenvalue weighted by Crippen LogP contribution is -2.69. The van der Waals surface area contributed by atoms with Gasteiger partial charge in [-0.05, 0) is 97.5 Å². The molecule has 3 aromatic rings. The number of phenolic OH excluding ortho intramolecular Hbond substituents is 1. The highest BCUT2D eigenvalue weighted by Crippen LogP contribution is 2.55. The zero-order valence-electron chi connectivity index (χ0n) is 25.2. The maximum atomic E-state index is 14.3. The molecular weight excluding hydrogens is 524 g/mol. The van der Waals surface area contributed by atoms with Crippen molar-refractivity contribution in [2.45, 2.75) is 76.4 Å². The molecule has 3 aliphatic rings. The predicted molar refractivity (Wildman–Crippen MR) is 166 cm³/mol. The van der Waals surface area contributed by atoms with Gasteiger partial charge in [0.1, 0.15) is 11.4 Å². The summed E-state index contributed by atoms with van der Waals surface area (Å²) in [6.45, 7) is 9.13. The van der Waals surface area contributed by atoms with Crippen LogP contribution in [-0.4, -0.2) is 64.6 Å². The summed E-state index contributed by atoms with van der Waals surface area (Å²) in [6.07, 6.45) is 5.49. The molecule has 2 aliphatic carbocycles. The van der Waals surface area contributed by atoms with Gasteiger partial charge in [0.05, 0.1) is 0 Å². The first-order chi connectivity index (χ1) is 20.2. The Bertz CT molecular complexity index is 1470. The first-order valence-electron chi connectivity index (χ1n) is 15.7. The second-order valence-electron chi connectivity index (χ2n) is 13.5. The fraction of sp³-hybridized carbons (Fsp3) is 0.500. The molecule has 6 heteroatoms. The predicted octanol–water partition coefficient (Wildman–Crippen LogP) is 6.55. The van der Waals surface area contributed by atoms with Crippen LogP contribution in [0.3, 0.4) is 0 Å². The Morgan fingerprint density at radius 2 is 1.79 bits per heavy atom. The normalized spacial score (nSPS) is 26.1. The summed E-state index contributed by atoms with van der Waals surface area (Å²) in [5, 5.41) is 12.8. The van der Waals surface area contributed by atoms with Crippen LogP contribution >= 0.6 is 0 Å². The number of phenols is 1. The minimum absolute atomic E-state index is 0.0209. The van der Waals surface area contributed by atoms with Crippen LogP contribution in [-0.2, 0) is 14.9 Å². The topological polar surface area (TPSA) is 70.1 Å². The largest absolute Gasteiger partial charge is 0.508 e. The smallest absolute Gasteiger partial charge is 0.303 e. The molecule has 1 heterocycles. The highest BCUT2D eigenvalue weighted by Gasteiger charge is 2.61. The lowest BCUT2D eigenvalue weighted by Gasteiger charge is -2.60. The van der Waals surface area contributed by atoms with Crippen molar-refractivity contribution in [2.75, 3.05) is 26.2 Å². The van der Waals surface area contributed by atoms with E-state index in [9.17, 15) is 14.7 Å². The molecule has 1 saturated heterocycles. The Labute approximate surface area is 249 Å².